The van der Waals surface area contributed by atoms with Gasteiger partial charge in [-0.15, -0.1) is 0 Å². The van der Waals surface area contributed by atoms with Crippen molar-refractivity contribution >= 4 is 23.0 Å². The van der Waals surface area contributed by atoms with Gasteiger partial charge in [0.1, 0.15) is 0 Å². The number of aryl methyl sites for hydroxylation is 2. The molecule has 0 fully saturated rings. The van der Waals surface area contributed by atoms with Crippen molar-refractivity contribution in [3.05, 3.63) is 53.1 Å². The van der Waals surface area contributed by atoms with Gasteiger partial charge in [-0.25, -0.2) is 0 Å². The Bertz CT molecular complexity index is 615. The number of nitrogen functional groups attached to an aromatic ring is 2. The van der Waals surface area contributed by atoms with Crippen LogP contribution in [0, 0.1) is 13.8 Å². The Hall–Kier alpha value is -2.49. The lowest BCUT2D eigenvalue weighted by molar-refractivity contribution is 0.102. The van der Waals surface area contributed by atoms with E-state index in [0.717, 1.165) is 16.8 Å². The van der Waals surface area contributed by atoms with Gasteiger partial charge in [0.15, 0.2) is 0 Å². The number of hydrogen-bond acceptors (Lipinski definition) is 3. The lowest BCUT2D eigenvalue weighted by Crippen LogP contribution is -2.13. The number of benzene rings is 2. The number of rotatable bonds is 2. The molecule has 4 heteroatoms. The Kier molecular flexibility index (Phi) is 3.42. The van der Waals surface area contributed by atoms with Crippen LogP contribution < -0.4 is 16.8 Å². The van der Waals surface area contributed by atoms with E-state index in [-0.39, 0.29) is 5.91 Å². The number of hydrogen-bond donors (Lipinski definition) is 3. The molecular weight excluding hydrogens is 238 g/mol. The summed E-state index contributed by atoms with van der Waals surface area (Å²) in [6.45, 7) is 3.97. The first kappa shape index (κ1) is 13.0. The third kappa shape index (κ3) is 3.04. The molecule has 2 aromatic carbocycles. The predicted octanol–water partition coefficient (Wildman–Crippen LogP) is 2.72. The molecule has 0 heterocycles. The van der Waals surface area contributed by atoms with Crippen LogP contribution in [0.3, 0.4) is 0 Å². The van der Waals surface area contributed by atoms with E-state index in [1.165, 1.54) is 0 Å². The van der Waals surface area contributed by atoms with Gasteiger partial charge in [-0.3, -0.25) is 4.79 Å². The van der Waals surface area contributed by atoms with E-state index >= 15 is 0 Å². The van der Waals surface area contributed by atoms with Crippen molar-refractivity contribution in [2.24, 2.45) is 0 Å². The highest BCUT2D eigenvalue weighted by Crippen LogP contribution is 2.19. The highest BCUT2D eigenvalue weighted by molar-refractivity contribution is 6.05. The van der Waals surface area contributed by atoms with Crippen LogP contribution in [-0.4, -0.2) is 5.91 Å². The van der Waals surface area contributed by atoms with Crippen molar-refractivity contribution in [2.45, 2.75) is 13.8 Å². The predicted molar refractivity (Wildman–Crippen MR) is 79.1 cm³/mol. The maximum atomic E-state index is 12.1. The van der Waals surface area contributed by atoms with E-state index < -0.39 is 0 Å². The Labute approximate surface area is 112 Å². The molecule has 0 aliphatic rings. The van der Waals surface area contributed by atoms with Crippen LogP contribution in [0.25, 0.3) is 0 Å². The van der Waals surface area contributed by atoms with Crippen molar-refractivity contribution in [1.82, 2.24) is 0 Å². The summed E-state index contributed by atoms with van der Waals surface area (Å²) < 4.78 is 0. The van der Waals surface area contributed by atoms with E-state index in [4.69, 9.17) is 11.5 Å². The Balaban J connectivity index is 2.25. The fourth-order valence-electron chi connectivity index (χ4n) is 1.96. The SMILES string of the molecule is Cc1ccc(NC(=O)c2cc(N)cc(N)c2)c(C)c1. The number of carbonyl (C=O) groups excluding carboxylic acids is 1. The third-order valence-electron chi connectivity index (χ3n) is 2.87. The van der Waals surface area contributed by atoms with Gasteiger partial charge in [-0.2, -0.15) is 0 Å². The summed E-state index contributed by atoms with van der Waals surface area (Å²) in [6.07, 6.45) is 0. The molecule has 0 bridgehead atoms. The molecule has 0 aliphatic heterocycles. The highest BCUT2D eigenvalue weighted by Gasteiger charge is 2.09. The first-order valence-electron chi connectivity index (χ1n) is 6.00. The molecule has 4 nitrogen and oxygen atoms in total. The second-order valence-corrected chi connectivity index (χ2v) is 4.66. The molecule has 0 aliphatic carbocycles. The number of amides is 1. The molecule has 98 valence electrons. The fraction of sp³-hybridized carbons (Fsp3) is 0.133. The number of nitrogens with two attached hydrogens (primary N) is 2. The van der Waals surface area contributed by atoms with Crippen molar-refractivity contribution in [2.75, 3.05) is 16.8 Å². The molecule has 19 heavy (non-hydrogen) atoms. The van der Waals surface area contributed by atoms with Gasteiger partial charge < -0.3 is 16.8 Å². The van der Waals surface area contributed by atoms with Crippen molar-refractivity contribution in [1.29, 1.82) is 0 Å². The average Bonchev–Trinajstić information content (AvgIpc) is 2.31. The van der Waals surface area contributed by atoms with E-state index in [0.29, 0.717) is 16.9 Å². The first-order chi connectivity index (χ1) is 8.95. The maximum Gasteiger partial charge on any atom is 0.255 e. The smallest absolute Gasteiger partial charge is 0.255 e. The summed E-state index contributed by atoms with van der Waals surface area (Å²) in [6, 6.07) is 10.7. The molecule has 0 unspecified atom stereocenters. The van der Waals surface area contributed by atoms with Gasteiger partial charge >= 0.3 is 0 Å². The number of anilines is 3. The standard InChI is InChI=1S/C15H17N3O/c1-9-3-4-14(10(2)5-9)18-15(19)11-6-12(16)8-13(17)7-11/h3-8H,16-17H2,1-2H3,(H,18,19). The highest BCUT2D eigenvalue weighted by atomic mass is 16.1. The van der Waals surface area contributed by atoms with Crippen LogP contribution >= 0.6 is 0 Å². The van der Waals surface area contributed by atoms with Crippen LogP contribution in [0.5, 0.6) is 0 Å². The van der Waals surface area contributed by atoms with Crippen LogP contribution in [0.15, 0.2) is 36.4 Å². The van der Waals surface area contributed by atoms with Gasteiger partial charge in [0.2, 0.25) is 0 Å². The summed E-state index contributed by atoms with van der Waals surface area (Å²) in [4.78, 5) is 12.1. The summed E-state index contributed by atoms with van der Waals surface area (Å²) in [7, 11) is 0. The second kappa shape index (κ2) is 5.02. The van der Waals surface area contributed by atoms with Gasteiger partial charge in [0.05, 0.1) is 0 Å². The normalized spacial score (nSPS) is 10.2. The maximum absolute atomic E-state index is 12.1. The molecule has 2 aromatic rings. The average molecular weight is 255 g/mol. The van der Waals surface area contributed by atoms with E-state index in [9.17, 15) is 4.79 Å². The zero-order chi connectivity index (χ0) is 14.0. The van der Waals surface area contributed by atoms with Gasteiger partial charge in [-0.05, 0) is 43.7 Å². The fourth-order valence-corrected chi connectivity index (χ4v) is 1.96. The summed E-state index contributed by atoms with van der Waals surface area (Å²) in [5.41, 5.74) is 15.7. The Morgan fingerprint density at radius 3 is 2.21 bits per heavy atom. The minimum atomic E-state index is -0.217. The molecular formula is C15H17N3O. The summed E-state index contributed by atoms with van der Waals surface area (Å²) >= 11 is 0. The molecule has 2 rings (SSSR count). The summed E-state index contributed by atoms with van der Waals surface area (Å²) in [5, 5.41) is 2.86. The Morgan fingerprint density at radius 2 is 1.63 bits per heavy atom. The van der Waals surface area contributed by atoms with Crippen molar-refractivity contribution in [3.63, 3.8) is 0 Å². The van der Waals surface area contributed by atoms with E-state index in [1.807, 2.05) is 32.0 Å². The second-order valence-electron chi connectivity index (χ2n) is 4.66. The van der Waals surface area contributed by atoms with Gasteiger partial charge in [0.25, 0.3) is 5.91 Å². The van der Waals surface area contributed by atoms with Crippen LogP contribution in [0.2, 0.25) is 0 Å². The zero-order valence-corrected chi connectivity index (χ0v) is 11.0. The molecule has 0 saturated carbocycles. The number of carbonyl (C=O) groups is 1. The number of nitrogens with one attached hydrogen (secondary N) is 1. The van der Waals surface area contributed by atoms with Crippen LogP contribution in [0.1, 0.15) is 21.5 Å². The first-order valence-corrected chi connectivity index (χ1v) is 6.00. The minimum absolute atomic E-state index is 0.217. The Morgan fingerprint density at radius 1 is 1.00 bits per heavy atom. The molecule has 1 amide bonds. The van der Waals surface area contributed by atoms with E-state index in [1.54, 1.807) is 18.2 Å². The molecule has 0 saturated heterocycles. The van der Waals surface area contributed by atoms with Gasteiger partial charge in [0, 0.05) is 22.6 Å². The molecule has 0 radical (unpaired) electrons. The lowest BCUT2D eigenvalue weighted by Gasteiger charge is -2.10. The quantitative estimate of drug-likeness (QED) is 0.722. The minimum Gasteiger partial charge on any atom is -0.399 e. The van der Waals surface area contributed by atoms with Crippen LogP contribution in [0.4, 0.5) is 17.1 Å². The molecule has 0 atom stereocenters. The molecule has 5 N–H and O–H groups in total. The summed E-state index contributed by atoms with van der Waals surface area (Å²) in [5.74, 6) is -0.217. The van der Waals surface area contributed by atoms with E-state index in [2.05, 4.69) is 5.32 Å². The van der Waals surface area contributed by atoms with Crippen molar-refractivity contribution in [3.8, 4) is 0 Å². The zero-order valence-electron chi connectivity index (χ0n) is 11.0. The monoisotopic (exact) mass is 255 g/mol. The molecule has 0 aromatic heterocycles. The lowest BCUT2D eigenvalue weighted by atomic mass is 10.1. The largest absolute Gasteiger partial charge is 0.399 e. The topological polar surface area (TPSA) is 81.1 Å². The van der Waals surface area contributed by atoms with Crippen LogP contribution in [-0.2, 0) is 0 Å². The van der Waals surface area contributed by atoms with Gasteiger partial charge in [-0.1, -0.05) is 17.7 Å². The molecule has 0 spiro atoms. The third-order valence-corrected chi connectivity index (χ3v) is 2.87. The van der Waals surface area contributed by atoms with Crippen molar-refractivity contribution < 1.29 is 4.79 Å².